The Kier molecular flexibility index (Phi) is 7.36. The lowest BCUT2D eigenvalue weighted by molar-refractivity contribution is 0.148. The van der Waals surface area contributed by atoms with Gasteiger partial charge in [0.2, 0.25) is 0 Å². The molecule has 2 N–H and O–H groups in total. The zero-order chi connectivity index (χ0) is 16.5. The van der Waals surface area contributed by atoms with Gasteiger partial charge in [0.05, 0.1) is 0 Å². The number of rotatable bonds is 6. The highest BCUT2D eigenvalue weighted by Crippen LogP contribution is 2.09. The van der Waals surface area contributed by atoms with Crippen molar-refractivity contribution in [3.63, 3.8) is 0 Å². The minimum Gasteiger partial charge on any atom is -0.356 e. The Labute approximate surface area is 140 Å². The smallest absolute Gasteiger partial charge is 0.191 e. The van der Waals surface area contributed by atoms with E-state index in [0.29, 0.717) is 0 Å². The summed E-state index contributed by atoms with van der Waals surface area (Å²) in [7, 11) is 4.01. The normalized spacial score (nSPS) is 17.3. The Bertz CT molecular complexity index is 475. The molecule has 23 heavy (non-hydrogen) atoms. The number of nitrogens with one attached hydrogen (secondary N) is 2. The summed E-state index contributed by atoms with van der Waals surface area (Å²) in [6.07, 6.45) is 1.10. The van der Waals surface area contributed by atoms with Crippen LogP contribution in [0.2, 0.25) is 0 Å². The highest BCUT2D eigenvalue weighted by molar-refractivity contribution is 5.79. The number of guanidine groups is 1. The van der Waals surface area contributed by atoms with Gasteiger partial charge in [-0.15, -0.1) is 0 Å². The average molecular weight is 317 g/mol. The number of likely N-dealkylation sites (N-methyl/N-ethyl adjacent to an activating group) is 1. The van der Waals surface area contributed by atoms with E-state index in [2.05, 4.69) is 63.7 Å². The zero-order valence-electron chi connectivity index (χ0n) is 14.8. The highest BCUT2D eigenvalue weighted by Gasteiger charge is 2.13. The van der Waals surface area contributed by atoms with Crippen molar-refractivity contribution in [2.45, 2.75) is 26.4 Å². The molecule has 1 heterocycles. The molecule has 0 bridgehead atoms. The fraction of sp³-hybridized carbons (Fsp3) is 0.611. The maximum Gasteiger partial charge on any atom is 0.191 e. The minimum absolute atomic E-state index is 0.804. The molecular formula is C18H31N5. The predicted octanol–water partition coefficient (Wildman–Crippen LogP) is 1.51. The molecule has 1 aliphatic rings. The van der Waals surface area contributed by atoms with Crippen molar-refractivity contribution in [1.29, 1.82) is 0 Å². The Morgan fingerprint density at radius 1 is 1.04 bits per heavy atom. The van der Waals surface area contributed by atoms with Crippen LogP contribution in [0.5, 0.6) is 0 Å². The van der Waals surface area contributed by atoms with E-state index in [1.807, 2.05) is 7.05 Å². The van der Waals surface area contributed by atoms with E-state index >= 15 is 0 Å². The van der Waals surface area contributed by atoms with Gasteiger partial charge in [-0.3, -0.25) is 9.89 Å². The van der Waals surface area contributed by atoms with Crippen LogP contribution in [-0.2, 0) is 13.1 Å². The molecule has 1 aromatic rings. The van der Waals surface area contributed by atoms with Crippen LogP contribution in [-0.4, -0.2) is 62.6 Å². The van der Waals surface area contributed by atoms with Crippen LogP contribution in [0.25, 0.3) is 0 Å². The highest BCUT2D eigenvalue weighted by atomic mass is 15.2. The van der Waals surface area contributed by atoms with Crippen LogP contribution >= 0.6 is 0 Å². The number of benzene rings is 1. The van der Waals surface area contributed by atoms with E-state index in [9.17, 15) is 0 Å². The summed E-state index contributed by atoms with van der Waals surface area (Å²) in [6, 6.07) is 8.92. The van der Waals surface area contributed by atoms with Gasteiger partial charge in [0.1, 0.15) is 0 Å². The predicted molar refractivity (Wildman–Crippen MR) is 97.7 cm³/mol. The van der Waals surface area contributed by atoms with E-state index in [1.54, 1.807) is 0 Å². The second-order valence-electron chi connectivity index (χ2n) is 6.25. The summed E-state index contributed by atoms with van der Waals surface area (Å²) >= 11 is 0. The third-order valence-corrected chi connectivity index (χ3v) is 4.25. The van der Waals surface area contributed by atoms with E-state index in [0.717, 1.165) is 32.0 Å². The largest absolute Gasteiger partial charge is 0.356 e. The third-order valence-electron chi connectivity index (χ3n) is 4.25. The van der Waals surface area contributed by atoms with Crippen molar-refractivity contribution in [2.75, 3.05) is 46.8 Å². The summed E-state index contributed by atoms with van der Waals surface area (Å²) in [5, 5.41) is 6.64. The molecule has 0 aromatic heterocycles. The minimum atomic E-state index is 0.804. The molecule has 0 spiro atoms. The molecule has 128 valence electrons. The first kappa shape index (κ1) is 17.8. The van der Waals surface area contributed by atoms with Crippen LogP contribution in [0.1, 0.15) is 24.5 Å². The van der Waals surface area contributed by atoms with Crippen molar-refractivity contribution < 1.29 is 0 Å². The Morgan fingerprint density at radius 2 is 1.70 bits per heavy atom. The topological polar surface area (TPSA) is 42.9 Å². The summed E-state index contributed by atoms with van der Waals surface area (Å²) in [5.41, 5.74) is 2.68. The quantitative estimate of drug-likeness (QED) is 0.616. The molecule has 1 saturated heterocycles. The van der Waals surface area contributed by atoms with Gasteiger partial charge in [0, 0.05) is 52.9 Å². The van der Waals surface area contributed by atoms with Gasteiger partial charge in [0.15, 0.2) is 5.96 Å². The van der Waals surface area contributed by atoms with Crippen molar-refractivity contribution in [2.24, 2.45) is 4.99 Å². The Hall–Kier alpha value is -1.59. The summed E-state index contributed by atoms with van der Waals surface area (Å²) in [6.45, 7) is 9.64. The van der Waals surface area contributed by atoms with Crippen LogP contribution in [0.4, 0.5) is 0 Å². The monoisotopic (exact) mass is 317 g/mol. The van der Waals surface area contributed by atoms with Crippen LogP contribution in [0.3, 0.4) is 0 Å². The summed E-state index contributed by atoms with van der Waals surface area (Å²) < 4.78 is 0. The van der Waals surface area contributed by atoms with Crippen molar-refractivity contribution in [3.8, 4) is 0 Å². The number of hydrogen-bond donors (Lipinski definition) is 2. The molecule has 1 aromatic carbocycles. The number of aliphatic imine (C=N–C) groups is 1. The van der Waals surface area contributed by atoms with Gasteiger partial charge in [-0.25, -0.2) is 0 Å². The molecule has 1 fully saturated rings. The number of hydrogen-bond acceptors (Lipinski definition) is 3. The van der Waals surface area contributed by atoms with Crippen LogP contribution in [0, 0.1) is 0 Å². The molecule has 5 nitrogen and oxygen atoms in total. The standard InChI is InChI=1S/C18H31N5/c1-4-9-20-18(19-2)21-14-16-5-7-17(8-6-16)15-23-12-10-22(3)11-13-23/h5-8H,4,9-15H2,1-3H3,(H2,19,20,21). The van der Waals surface area contributed by atoms with Crippen molar-refractivity contribution in [1.82, 2.24) is 20.4 Å². The third kappa shape index (κ3) is 6.20. The Morgan fingerprint density at radius 3 is 2.30 bits per heavy atom. The molecule has 0 atom stereocenters. The molecule has 0 saturated carbocycles. The molecule has 0 amide bonds. The first-order chi connectivity index (χ1) is 11.2. The summed E-state index contributed by atoms with van der Waals surface area (Å²) in [4.78, 5) is 9.15. The maximum absolute atomic E-state index is 4.23. The lowest BCUT2D eigenvalue weighted by atomic mass is 10.1. The lowest BCUT2D eigenvalue weighted by Gasteiger charge is -2.32. The summed E-state index contributed by atoms with van der Waals surface area (Å²) in [5.74, 6) is 0.869. The van der Waals surface area contributed by atoms with Gasteiger partial charge in [-0.1, -0.05) is 31.2 Å². The first-order valence-corrected chi connectivity index (χ1v) is 8.64. The van der Waals surface area contributed by atoms with Crippen molar-refractivity contribution in [3.05, 3.63) is 35.4 Å². The first-order valence-electron chi connectivity index (χ1n) is 8.64. The average Bonchev–Trinajstić information content (AvgIpc) is 2.58. The zero-order valence-corrected chi connectivity index (χ0v) is 14.8. The number of nitrogens with zero attached hydrogens (tertiary/aromatic N) is 3. The van der Waals surface area contributed by atoms with Crippen LogP contribution in [0.15, 0.2) is 29.3 Å². The second kappa shape index (κ2) is 9.53. The Balaban J connectivity index is 1.77. The fourth-order valence-electron chi connectivity index (χ4n) is 2.68. The molecule has 0 radical (unpaired) electrons. The lowest BCUT2D eigenvalue weighted by Crippen LogP contribution is -2.43. The molecule has 1 aliphatic heterocycles. The van der Waals surface area contributed by atoms with E-state index in [4.69, 9.17) is 0 Å². The van der Waals surface area contributed by atoms with E-state index in [1.165, 1.54) is 37.3 Å². The number of piperazine rings is 1. The second-order valence-corrected chi connectivity index (χ2v) is 6.25. The van der Waals surface area contributed by atoms with Gasteiger partial charge >= 0.3 is 0 Å². The van der Waals surface area contributed by atoms with Crippen molar-refractivity contribution >= 4 is 5.96 Å². The van der Waals surface area contributed by atoms with E-state index < -0.39 is 0 Å². The molecular weight excluding hydrogens is 286 g/mol. The van der Waals surface area contributed by atoms with Gasteiger partial charge in [-0.2, -0.15) is 0 Å². The van der Waals surface area contributed by atoms with Gasteiger partial charge in [0.25, 0.3) is 0 Å². The SMILES string of the molecule is CCCNC(=NC)NCc1ccc(CN2CCN(C)CC2)cc1. The van der Waals surface area contributed by atoms with Crippen LogP contribution < -0.4 is 10.6 Å². The molecule has 5 heteroatoms. The fourth-order valence-corrected chi connectivity index (χ4v) is 2.68. The van der Waals surface area contributed by atoms with Gasteiger partial charge < -0.3 is 15.5 Å². The molecule has 0 aliphatic carbocycles. The maximum atomic E-state index is 4.23. The van der Waals surface area contributed by atoms with Gasteiger partial charge in [-0.05, 0) is 24.6 Å². The van der Waals surface area contributed by atoms with E-state index in [-0.39, 0.29) is 0 Å². The molecule has 0 unspecified atom stereocenters. The molecule has 2 rings (SSSR count).